The summed E-state index contributed by atoms with van der Waals surface area (Å²) < 4.78 is 62.5. The van der Waals surface area contributed by atoms with Crippen molar-refractivity contribution in [1.29, 1.82) is 0 Å². The van der Waals surface area contributed by atoms with Gasteiger partial charge in [-0.05, 0) is 17.2 Å². The van der Waals surface area contributed by atoms with Crippen molar-refractivity contribution in [2.24, 2.45) is 11.5 Å². The van der Waals surface area contributed by atoms with Gasteiger partial charge < -0.3 is 11.5 Å². The predicted octanol–water partition coefficient (Wildman–Crippen LogP) is -0.0506. The molecule has 0 unspecified atom stereocenters. The third-order valence-electron chi connectivity index (χ3n) is 3.51. The molecule has 0 saturated carbocycles. The minimum absolute atomic E-state index is 0.0240. The van der Waals surface area contributed by atoms with E-state index in [1.807, 2.05) is 0 Å². The summed E-state index contributed by atoms with van der Waals surface area (Å²) in [5, 5.41) is 0. The third-order valence-corrected chi connectivity index (χ3v) is 7.04. The molecule has 8 nitrogen and oxygen atoms in total. The van der Waals surface area contributed by atoms with Crippen LogP contribution in [0.3, 0.4) is 0 Å². The van der Waals surface area contributed by atoms with Crippen LogP contribution in [0.25, 0.3) is 5.57 Å². The van der Waals surface area contributed by atoms with Crippen molar-refractivity contribution >= 4 is 25.8 Å². The van der Waals surface area contributed by atoms with Crippen LogP contribution in [-0.4, -0.2) is 35.7 Å². The van der Waals surface area contributed by atoms with E-state index in [2.05, 4.69) is 0 Å². The van der Waals surface area contributed by atoms with Gasteiger partial charge in [0.15, 0.2) is 0 Å². The second-order valence-corrected chi connectivity index (χ2v) is 9.00. The van der Waals surface area contributed by atoms with Gasteiger partial charge in [0.25, 0.3) is 20.2 Å². The molecular weight excluding hydrogens is 332 g/mol. The first kappa shape index (κ1) is 17.1. The van der Waals surface area contributed by atoms with Crippen molar-refractivity contribution in [3.05, 3.63) is 42.0 Å². The summed E-state index contributed by atoms with van der Waals surface area (Å²) in [5.41, 5.74) is 10.5. The van der Waals surface area contributed by atoms with Crippen LogP contribution in [0.4, 0.5) is 0 Å². The number of nitrogens with two attached hydrogens (primary N) is 2. The first-order valence-corrected chi connectivity index (χ1v) is 9.05. The van der Waals surface area contributed by atoms with Crippen LogP contribution in [-0.2, 0) is 20.2 Å². The van der Waals surface area contributed by atoms with Gasteiger partial charge >= 0.3 is 0 Å². The monoisotopic (exact) mass is 348 g/mol. The zero-order valence-corrected chi connectivity index (χ0v) is 13.0. The Labute approximate surface area is 128 Å². The van der Waals surface area contributed by atoms with Crippen molar-refractivity contribution in [2.75, 3.05) is 0 Å². The summed E-state index contributed by atoms with van der Waals surface area (Å²) in [4.78, 5) is 0. The van der Waals surface area contributed by atoms with E-state index in [0.29, 0.717) is 5.56 Å². The zero-order valence-electron chi connectivity index (χ0n) is 11.4. The Kier molecular flexibility index (Phi) is 3.97. The summed E-state index contributed by atoms with van der Waals surface area (Å²) >= 11 is 0. The molecule has 1 aromatic rings. The molecule has 0 aliphatic heterocycles. The van der Waals surface area contributed by atoms with Gasteiger partial charge in [-0.3, -0.25) is 9.11 Å². The van der Waals surface area contributed by atoms with E-state index in [4.69, 9.17) is 11.5 Å². The Morgan fingerprint density at radius 2 is 1.45 bits per heavy atom. The minimum Gasteiger partial charge on any atom is -0.313 e. The lowest BCUT2D eigenvalue weighted by molar-refractivity contribution is 0.357. The Balaban J connectivity index is 2.79. The van der Waals surface area contributed by atoms with Crippen molar-refractivity contribution in [1.82, 2.24) is 0 Å². The molecule has 6 N–H and O–H groups in total. The minimum atomic E-state index is -5.23. The summed E-state index contributed by atoms with van der Waals surface area (Å²) in [6.45, 7) is 0. The number of rotatable bonds is 3. The highest BCUT2D eigenvalue weighted by Gasteiger charge is 2.58. The van der Waals surface area contributed by atoms with Gasteiger partial charge in [-0.1, -0.05) is 30.3 Å². The van der Waals surface area contributed by atoms with Gasteiger partial charge in [-0.2, -0.15) is 16.8 Å². The van der Waals surface area contributed by atoms with E-state index >= 15 is 0 Å². The fourth-order valence-electron chi connectivity index (χ4n) is 2.55. The lowest BCUT2D eigenvalue weighted by Gasteiger charge is -2.38. The molecule has 122 valence electrons. The molecule has 0 heterocycles. The molecule has 1 aliphatic carbocycles. The van der Waals surface area contributed by atoms with Crippen LogP contribution >= 0.6 is 0 Å². The summed E-state index contributed by atoms with van der Waals surface area (Å²) in [7, 11) is -10.5. The maximum atomic E-state index is 11.7. The Bertz CT molecular complexity index is 780. The normalized spacial score (nSPS) is 21.2. The van der Waals surface area contributed by atoms with Gasteiger partial charge in [0, 0.05) is 12.8 Å². The molecule has 0 aromatic heterocycles. The van der Waals surface area contributed by atoms with Crippen molar-refractivity contribution in [2.45, 2.75) is 22.6 Å². The molecule has 0 spiro atoms. The average molecular weight is 348 g/mol. The smallest absolute Gasteiger partial charge is 0.291 e. The highest BCUT2D eigenvalue weighted by atomic mass is 32.3. The van der Waals surface area contributed by atoms with E-state index in [1.54, 1.807) is 30.3 Å². The summed E-state index contributed by atoms with van der Waals surface area (Å²) in [6, 6.07) is 8.23. The van der Waals surface area contributed by atoms with Crippen LogP contribution < -0.4 is 11.5 Å². The standard InChI is InChI=1S/C12H16N2O6S2/c13-11(14)6-10(9-4-2-1-3-5-9)7-12(8-11,21(15,16)17)22(18,19)20/h1-5,7H,6,8,13-14H2,(H,15,16,17)(H,18,19,20). The van der Waals surface area contributed by atoms with E-state index in [1.165, 1.54) is 0 Å². The average Bonchev–Trinajstić information content (AvgIpc) is 2.35. The van der Waals surface area contributed by atoms with Gasteiger partial charge in [-0.15, -0.1) is 0 Å². The lowest BCUT2D eigenvalue weighted by Crippen LogP contribution is -2.61. The quantitative estimate of drug-likeness (QED) is 0.436. The van der Waals surface area contributed by atoms with Gasteiger partial charge in [0.1, 0.15) is 0 Å². The van der Waals surface area contributed by atoms with Gasteiger partial charge in [-0.25, -0.2) is 0 Å². The topological polar surface area (TPSA) is 161 Å². The summed E-state index contributed by atoms with van der Waals surface area (Å²) in [6.07, 6.45) is -0.0945. The number of hydrogen-bond donors (Lipinski definition) is 4. The molecule has 1 aromatic carbocycles. The van der Waals surface area contributed by atoms with Crippen LogP contribution in [0.2, 0.25) is 0 Å². The van der Waals surface area contributed by atoms with Crippen molar-refractivity contribution < 1.29 is 25.9 Å². The van der Waals surface area contributed by atoms with E-state index in [-0.39, 0.29) is 12.0 Å². The van der Waals surface area contributed by atoms with E-state index < -0.39 is 36.4 Å². The molecule has 0 radical (unpaired) electrons. The maximum Gasteiger partial charge on any atom is 0.291 e. The van der Waals surface area contributed by atoms with E-state index in [9.17, 15) is 25.9 Å². The zero-order chi connectivity index (χ0) is 16.8. The first-order chi connectivity index (χ1) is 9.88. The van der Waals surface area contributed by atoms with Crippen molar-refractivity contribution in [3.63, 3.8) is 0 Å². The molecule has 0 saturated heterocycles. The van der Waals surface area contributed by atoms with E-state index in [0.717, 1.165) is 6.08 Å². The van der Waals surface area contributed by atoms with Crippen LogP contribution in [0, 0.1) is 0 Å². The third kappa shape index (κ3) is 2.93. The highest BCUT2D eigenvalue weighted by Crippen LogP contribution is 2.42. The fourth-order valence-corrected chi connectivity index (χ4v) is 5.09. The molecule has 2 rings (SSSR count). The molecule has 0 amide bonds. The lowest BCUT2D eigenvalue weighted by atomic mass is 9.86. The fraction of sp³-hybridized carbons (Fsp3) is 0.333. The predicted molar refractivity (Wildman–Crippen MR) is 80.6 cm³/mol. The van der Waals surface area contributed by atoms with Crippen LogP contribution in [0.1, 0.15) is 18.4 Å². The molecular formula is C12H16N2O6S2. The second kappa shape index (κ2) is 5.11. The van der Waals surface area contributed by atoms with Crippen LogP contribution in [0.15, 0.2) is 36.4 Å². The molecule has 0 fully saturated rings. The molecule has 22 heavy (non-hydrogen) atoms. The SMILES string of the molecule is NC1(N)CC(c2ccccc2)=CC(S(=O)(=O)O)(S(=O)(=O)O)C1. The Hall–Kier alpha value is -1.30. The Morgan fingerprint density at radius 3 is 1.91 bits per heavy atom. The largest absolute Gasteiger partial charge is 0.313 e. The first-order valence-electron chi connectivity index (χ1n) is 6.17. The molecule has 0 bridgehead atoms. The number of hydrogen-bond acceptors (Lipinski definition) is 6. The summed E-state index contributed by atoms with van der Waals surface area (Å²) in [5.74, 6) is 0. The van der Waals surface area contributed by atoms with Gasteiger partial charge in [0.2, 0.25) is 4.08 Å². The van der Waals surface area contributed by atoms with Crippen molar-refractivity contribution in [3.8, 4) is 0 Å². The second-order valence-electron chi connectivity index (χ2n) is 5.38. The molecule has 0 atom stereocenters. The number of benzene rings is 1. The highest BCUT2D eigenvalue weighted by molar-refractivity contribution is 8.05. The molecule has 1 aliphatic rings. The maximum absolute atomic E-state index is 11.7. The van der Waals surface area contributed by atoms with Gasteiger partial charge in [0.05, 0.1) is 5.66 Å². The Morgan fingerprint density at radius 1 is 0.955 bits per heavy atom. The molecule has 10 heteroatoms. The van der Waals surface area contributed by atoms with Crippen LogP contribution in [0.5, 0.6) is 0 Å².